The molecule has 1 fully saturated rings. The zero-order valence-corrected chi connectivity index (χ0v) is 10.4. The molecule has 0 atom stereocenters. The third kappa shape index (κ3) is 1.52. The predicted octanol–water partition coefficient (Wildman–Crippen LogP) is 1.49. The molecule has 0 aromatic heterocycles. The minimum absolute atomic E-state index is 0.664. The van der Waals surface area contributed by atoms with Gasteiger partial charge in [0.25, 0.3) is 0 Å². The molecule has 1 heterocycles. The minimum atomic E-state index is -0.712. The van der Waals surface area contributed by atoms with Gasteiger partial charge in [0.05, 0.1) is 12.0 Å². The van der Waals surface area contributed by atoms with Crippen molar-refractivity contribution in [2.45, 2.75) is 18.3 Å². The van der Waals surface area contributed by atoms with Gasteiger partial charge in [-0.25, -0.2) is 0 Å². The monoisotopic (exact) mass is 244 g/mol. The molecule has 1 aromatic carbocycles. The number of carboxylic acids is 1. The second kappa shape index (κ2) is 3.83. The highest BCUT2D eigenvalue weighted by atomic mass is 16.4. The summed E-state index contributed by atoms with van der Waals surface area (Å²) in [5.41, 5.74) is 1.24. The molecule has 1 N–H and O–H groups in total. The molecule has 1 aliphatic heterocycles. The second-order valence-corrected chi connectivity index (χ2v) is 5.06. The summed E-state index contributed by atoms with van der Waals surface area (Å²) in [6, 6.07) is 7.78. The van der Waals surface area contributed by atoms with E-state index in [0.29, 0.717) is 0 Å². The SMILES string of the molecule is CN1CCN=C1c1ccccc1C1(C(=O)O)CC1. The van der Waals surface area contributed by atoms with Gasteiger partial charge < -0.3 is 10.0 Å². The molecule has 0 radical (unpaired) electrons. The van der Waals surface area contributed by atoms with E-state index in [1.54, 1.807) is 0 Å². The first-order valence-corrected chi connectivity index (χ1v) is 6.24. The molecule has 18 heavy (non-hydrogen) atoms. The molecular formula is C14H16N2O2. The number of carboxylic acid groups (broad SMARTS) is 1. The molecule has 94 valence electrons. The number of hydrogen-bond donors (Lipinski definition) is 1. The first-order valence-electron chi connectivity index (χ1n) is 6.24. The van der Waals surface area contributed by atoms with Crippen LogP contribution in [0.25, 0.3) is 0 Å². The normalized spacial score (nSPS) is 20.7. The van der Waals surface area contributed by atoms with E-state index >= 15 is 0 Å². The van der Waals surface area contributed by atoms with Gasteiger partial charge in [-0.05, 0) is 18.4 Å². The van der Waals surface area contributed by atoms with Crippen molar-refractivity contribution in [3.63, 3.8) is 0 Å². The van der Waals surface area contributed by atoms with Gasteiger partial charge >= 0.3 is 5.97 Å². The summed E-state index contributed by atoms with van der Waals surface area (Å²) < 4.78 is 0. The van der Waals surface area contributed by atoms with Crippen molar-refractivity contribution < 1.29 is 9.90 Å². The number of amidine groups is 1. The molecular weight excluding hydrogens is 228 g/mol. The molecule has 4 nitrogen and oxygen atoms in total. The van der Waals surface area contributed by atoms with Gasteiger partial charge in [0, 0.05) is 19.2 Å². The largest absolute Gasteiger partial charge is 0.481 e. The van der Waals surface area contributed by atoms with Crippen LogP contribution in [-0.4, -0.2) is 41.9 Å². The molecule has 3 rings (SSSR count). The Morgan fingerprint density at radius 1 is 1.39 bits per heavy atom. The third-order valence-corrected chi connectivity index (χ3v) is 3.90. The van der Waals surface area contributed by atoms with E-state index in [9.17, 15) is 9.90 Å². The van der Waals surface area contributed by atoms with Crippen molar-refractivity contribution in [1.29, 1.82) is 0 Å². The van der Waals surface area contributed by atoms with Crippen LogP contribution in [0.3, 0.4) is 0 Å². The molecule has 1 aliphatic carbocycles. The van der Waals surface area contributed by atoms with Crippen LogP contribution in [0.5, 0.6) is 0 Å². The fourth-order valence-corrected chi connectivity index (χ4v) is 2.64. The van der Waals surface area contributed by atoms with E-state index in [1.165, 1.54) is 0 Å². The van der Waals surface area contributed by atoms with Crippen molar-refractivity contribution in [2.75, 3.05) is 20.1 Å². The Bertz CT molecular complexity index is 532. The lowest BCUT2D eigenvalue weighted by atomic mass is 9.90. The summed E-state index contributed by atoms with van der Waals surface area (Å²) in [6.45, 7) is 1.70. The van der Waals surface area contributed by atoms with Crippen LogP contribution in [0, 0.1) is 0 Å². The zero-order chi connectivity index (χ0) is 12.8. The number of aliphatic imine (C=N–C) groups is 1. The Hall–Kier alpha value is -1.84. The molecule has 1 saturated carbocycles. The maximum atomic E-state index is 11.5. The molecule has 0 bridgehead atoms. The Morgan fingerprint density at radius 2 is 2.11 bits per heavy atom. The Kier molecular flexibility index (Phi) is 2.40. The third-order valence-electron chi connectivity index (χ3n) is 3.90. The van der Waals surface area contributed by atoms with E-state index in [4.69, 9.17) is 0 Å². The molecule has 1 aromatic rings. The van der Waals surface area contributed by atoms with E-state index in [2.05, 4.69) is 9.89 Å². The van der Waals surface area contributed by atoms with Crippen LogP contribution in [-0.2, 0) is 10.2 Å². The summed E-state index contributed by atoms with van der Waals surface area (Å²) in [6.07, 6.45) is 1.46. The highest BCUT2D eigenvalue weighted by molar-refractivity contribution is 6.03. The summed E-state index contributed by atoms with van der Waals surface area (Å²) in [5, 5.41) is 9.44. The van der Waals surface area contributed by atoms with Gasteiger partial charge in [0.1, 0.15) is 5.84 Å². The Labute approximate surface area is 106 Å². The average Bonchev–Trinajstić information content (AvgIpc) is 3.07. The van der Waals surface area contributed by atoms with Crippen molar-refractivity contribution in [1.82, 2.24) is 4.90 Å². The van der Waals surface area contributed by atoms with Gasteiger partial charge in [-0.2, -0.15) is 0 Å². The summed E-state index contributed by atoms with van der Waals surface area (Å²) in [4.78, 5) is 18.1. The minimum Gasteiger partial charge on any atom is -0.481 e. The fraction of sp³-hybridized carbons (Fsp3) is 0.429. The maximum absolute atomic E-state index is 11.5. The number of carbonyl (C=O) groups is 1. The van der Waals surface area contributed by atoms with E-state index in [1.807, 2.05) is 31.3 Å². The van der Waals surface area contributed by atoms with E-state index in [-0.39, 0.29) is 0 Å². The zero-order valence-electron chi connectivity index (χ0n) is 10.4. The summed E-state index contributed by atoms with van der Waals surface area (Å²) in [5.74, 6) is 0.217. The summed E-state index contributed by atoms with van der Waals surface area (Å²) in [7, 11) is 2.00. The van der Waals surface area contributed by atoms with E-state index < -0.39 is 11.4 Å². The smallest absolute Gasteiger partial charge is 0.314 e. The first-order chi connectivity index (χ1) is 8.65. The van der Waals surface area contributed by atoms with Crippen LogP contribution in [0.1, 0.15) is 24.0 Å². The number of aliphatic carboxylic acids is 1. The molecule has 0 spiro atoms. The van der Waals surface area contributed by atoms with Crippen molar-refractivity contribution in [3.05, 3.63) is 35.4 Å². The van der Waals surface area contributed by atoms with Crippen LogP contribution in [0.2, 0.25) is 0 Å². The maximum Gasteiger partial charge on any atom is 0.314 e. The molecule has 0 saturated heterocycles. The average molecular weight is 244 g/mol. The van der Waals surface area contributed by atoms with Gasteiger partial charge in [0.2, 0.25) is 0 Å². The number of likely N-dealkylation sites (N-methyl/N-ethyl adjacent to an activating group) is 1. The van der Waals surface area contributed by atoms with Gasteiger partial charge in [-0.15, -0.1) is 0 Å². The van der Waals surface area contributed by atoms with Gasteiger partial charge in [-0.1, -0.05) is 24.3 Å². The first kappa shape index (κ1) is 11.3. The standard InChI is InChI=1S/C14H16N2O2/c1-16-9-8-15-12(16)10-4-2-3-5-11(10)14(6-7-14)13(17)18/h2-5H,6-9H2,1H3,(H,17,18). The van der Waals surface area contributed by atoms with Crippen LogP contribution in [0.15, 0.2) is 29.3 Å². The molecule has 0 unspecified atom stereocenters. The van der Waals surface area contributed by atoms with Crippen molar-refractivity contribution in [3.8, 4) is 0 Å². The Morgan fingerprint density at radius 3 is 2.67 bits per heavy atom. The topological polar surface area (TPSA) is 52.9 Å². The highest BCUT2D eigenvalue weighted by Crippen LogP contribution is 2.49. The number of benzene rings is 1. The fourth-order valence-electron chi connectivity index (χ4n) is 2.64. The number of nitrogens with zero attached hydrogens (tertiary/aromatic N) is 2. The van der Waals surface area contributed by atoms with Gasteiger partial charge in [-0.3, -0.25) is 9.79 Å². The molecule has 0 amide bonds. The lowest BCUT2D eigenvalue weighted by Crippen LogP contribution is -2.28. The van der Waals surface area contributed by atoms with Crippen molar-refractivity contribution in [2.24, 2.45) is 4.99 Å². The quantitative estimate of drug-likeness (QED) is 0.876. The number of rotatable bonds is 3. The van der Waals surface area contributed by atoms with Crippen LogP contribution in [0.4, 0.5) is 0 Å². The highest BCUT2D eigenvalue weighted by Gasteiger charge is 2.53. The molecule has 4 heteroatoms. The summed E-state index contributed by atoms with van der Waals surface area (Å²) >= 11 is 0. The van der Waals surface area contributed by atoms with Crippen LogP contribution >= 0.6 is 0 Å². The van der Waals surface area contributed by atoms with Crippen molar-refractivity contribution >= 4 is 11.8 Å². The second-order valence-electron chi connectivity index (χ2n) is 5.06. The molecule has 2 aliphatic rings. The number of hydrogen-bond acceptors (Lipinski definition) is 3. The Balaban J connectivity index is 2.09. The predicted molar refractivity (Wildman–Crippen MR) is 69.0 cm³/mol. The van der Waals surface area contributed by atoms with Gasteiger partial charge in [0.15, 0.2) is 0 Å². The van der Waals surface area contributed by atoms with E-state index in [0.717, 1.165) is 42.9 Å². The van der Waals surface area contributed by atoms with Crippen LogP contribution < -0.4 is 0 Å². The lowest BCUT2D eigenvalue weighted by molar-refractivity contribution is -0.140. The lowest BCUT2D eigenvalue weighted by Gasteiger charge is -2.20.